The molecule has 2 aromatic rings. The molecule has 34 heavy (non-hydrogen) atoms. The van der Waals surface area contributed by atoms with Crippen LogP contribution in [0.5, 0.6) is 0 Å². The van der Waals surface area contributed by atoms with E-state index in [1.165, 1.54) is 6.07 Å². The van der Waals surface area contributed by atoms with Crippen molar-refractivity contribution in [2.75, 3.05) is 31.6 Å². The molecule has 1 aliphatic carbocycles. The summed E-state index contributed by atoms with van der Waals surface area (Å²) in [7, 11) is 0. The van der Waals surface area contributed by atoms with Crippen LogP contribution in [0.15, 0.2) is 24.7 Å². The van der Waals surface area contributed by atoms with Gasteiger partial charge in [0.1, 0.15) is 11.6 Å². The maximum atomic E-state index is 14.3. The van der Waals surface area contributed by atoms with Crippen LogP contribution in [0, 0.1) is 17.0 Å². The number of benzene rings is 1. The number of fused-ring (bicyclic) bond motifs is 1. The number of nitrogens with zero attached hydrogens (tertiary/aromatic N) is 2. The summed E-state index contributed by atoms with van der Waals surface area (Å²) in [5, 5.41) is 9.77. The molecule has 0 saturated carbocycles. The van der Waals surface area contributed by atoms with E-state index in [1.54, 1.807) is 6.33 Å². The zero-order chi connectivity index (χ0) is 24.1. The van der Waals surface area contributed by atoms with E-state index in [0.29, 0.717) is 30.6 Å². The van der Waals surface area contributed by atoms with E-state index in [0.717, 1.165) is 57.3 Å². The summed E-state index contributed by atoms with van der Waals surface area (Å²) in [6.07, 6.45) is 6.81. The van der Waals surface area contributed by atoms with E-state index >= 15 is 0 Å². The molecule has 1 aromatic heterocycles. The molecule has 7 nitrogen and oxygen atoms in total. The smallest absolute Gasteiger partial charge is 0.242 e. The summed E-state index contributed by atoms with van der Waals surface area (Å²) in [4.78, 5) is 17.3. The number of imidazole rings is 1. The molecule has 1 unspecified atom stereocenters. The third-order valence-electron chi connectivity index (χ3n) is 6.68. The molecule has 0 radical (unpaired) electrons. The van der Waals surface area contributed by atoms with Crippen molar-refractivity contribution in [1.82, 2.24) is 20.2 Å². The lowest BCUT2D eigenvalue weighted by atomic mass is 9.87. The minimum atomic E-state index is -0.539. The van der Waals surface area contributed by atoms with Crippen molar-refractivity contribution in [3.63, 3.8) is 0 Å². The fourth-order valence-electron chi connectivity index (χ4n) is 4.70. The first-order valence-corrected chi connectivity index (χ1v) is 12.2. The predicted octanol–water partition coefficient (Wildman–Crippen LogP) is 3.04. The summed E-state index contributed by atoms with van der Waals surface area (Å²) in [5.74, 6) is -0.673. The maximum Gasteiger partial charge on any atom is 0.242 e. The lowest BCUT2D eigenvalue weighted by Crippen LogP contribution is -2.48. The van der Waals surface area contributed by atoms with Gasteiger partial charge in [0.2, 0.25) is 5.91 Å². The van der Waals surface area contributed by atoms with Gasteiger partial charge in [0, 0.05) is 43.4 Å². The number of hydrogen-bond donors (Lipinski definition) is 3. The number of nitrogens with one attached hydrogen (secondary N) is 3. The quantitative estimate of drug-likeness (QED) is 0.436. The number of amides is 1. The van der Waals surface area contributed by atoms with Crippen LogP contribution in [0.2, 0.25) is 0 Å². The Morgan fingerprint density at radius 2 is 2.18 bits per heavy atom. The monoisotopic (exact) mass is 475 g/mol. The number of hydrogen-bond acceptors (Lipinski definition) is 5. The molecule has 1 aliphatic heterocycles. The van der Waals surface area contributed by atoms with Crippen LogP contribution in [-0.2, 0) is 28.9 Å². The normalized spacial score (nSPS) is 19.8. The third-order valence-corrected chi connectivity index (χ3v) is 6.68. The topological polar surface area (TPSA) is 80.2 Å². The van der Waals surface area contributed by atoms with Crippen molar-refractivity contribution in [3.8, 4) is 0 Å². The summed E-state index contributed by atoms with van der Waals surface area (Å²) in [5.41, 5.74) is 1.51. The van der Waals surface area contributed by atoms with Crippen molar-refractivity contribution in [2.45, 2.75) is 64.6 Å². The lowest BCUT2D eigenvalue weighted by Gasteiger charge is -2.38. The Bertz CT molecular complexity index is 992. The van der Waals surface area contributed by atoms with E-state index in [1.807, 2.05) is 17.7 Å². The van der Waals surface area contributed by atoms with Crippen LogP contribution in [0.3, 0.4) is 0 Å². The van der Waals surface area contributed by atoms with Gasteiger partial charge in [-0.25, -0.2) is 13.8 Å². The van der Waals surface area contributed by atoms with Crippen LogP contribution in [0.25, 0.3) is 0 Å². The van der Waals surface area contributed by atoms with Gasteiger partial charge >= 0.3 is 0 Å². The van der Waals surface area contributed by atoms with Gasteiger partial charge in [0.15, 0.2) is 5.82 Å². The van der Waals surface area contributed by atoms with Crippen molar-refractivity contribution >= 4 is 11.7 Å². The Hall–Kier alpha value is -2.36. The van der Waals surface area contributed by atoms with Crippen molar-refractivity contribution < 1.29 is 18.3 Å². The molecule has 2 heterocycles. The highest BCUT2D eigenvalue weighted by molar-refractivity contribution is 5.94. The van der Waals surface area contributed by atoms with Gasteiger partial charge < -0.3 is 25.3 Å². The molecule has 1 amide bonds. The first kappa shape index (κ1) is 24.8. The van der Waals surface area contributed by atoms with Crippen LogP contribution in [-0.4, -0.2) is 53.8 Å². The van der Waals surface area contributed by atoms with E-state index in [2.05, 4.69) is 27.9 Å². The number of carbonyl (C=O) groups excluding carboxylic acids is 1. The SMILES string of the molecule is CCC[C@H](NC1CCc2cc(F)cc(F)c2C1)C(=O)Nc1cn(CCNCC2(C)COC2)cn1. The molecule has 186 valence electrons. The number of rotatable bonds is 11. The highest BCUT2D eigenvalue weighted by Crippen LogP contribution is 2.26. The average molecular weight is 476 g/mol. The van der Waals surface area contributed by atoms with E-state index in [-0.39, 0.29) is 17.4 Å². The Labute approximate surface area is 199 Å². The fourth-order valence-corrected chi connectivity index (χ4v) is 4.70. The van der Waals surface area contributed by atoms with Crippen LogP contribution < -0.4 is 16.0 Å². The Kier molecular flexibility index (Phi) is 7.95. The second kappa shape index (κ2) is 10.9. The minimum Gasteiger partial charge on any atom is -0.380 e. The molecule has 9 heteroatoms. The standard InChI is InChI=1S/C25H35F2N5O2/c1-3-4-22(30-19-6-5-17-9-18(26)10-21(27)20(17)11-19)24(33)31-23-12-32(16-29-23)8-7-28-13-25(2)14-34-15-25/h9-10,12,16,19,22,28,30H,3-8,11,13-15H2,1-2H3,(H,31,33)/t19?,22-/m0/s1. The van der Waals surface area contributed by atoms with Crippen molar-refractivity contribution in [3.05, 3.63) is 47.4 Å². The molecular weight excluding hydrogens is 440 g/mol. The number of carbonyl (C=O) groups is 1. The van der Waals surface area contributed by atoms with E-state index in [9.17, 15) is 13.6 Å². The van der Waals surface area contributed by atoms with Gasteiger partial charge in [-0.3, -0.25) is 4.79 Å². The van der Waals surface area contributed by atoms with Gasteiger partial charge in [-0.1, -0.05) is 20.3 Å². The third kappa shape index (κ3) is 6.20. The van der Waals surface area contributed by atoms with Crippen LogP contribution in [0.1, 0.15) is 44.2 Å². The van der Waals surface area contributed by atoms with E-state index in [4.69, 9.17) is 4.74 Å². The number of aromatic nitrogens is 2. The molecule has 1 aromatic carbocycles. The zero-order valence-corrected chi connectivity index (χ0v) is 20.0. The van der Waals surface area contributed by atoms with Gasteiger partial charge in [-0.05, 0) is 42.9 Å². The summed E-state index contributed by atoms with van der Waals surface area (Å²) >= 11 is 0. The first-order valence-electron chi connectivity index (χ1n) is 12.2. The maximum absolute atomic E-state index is 14.3. The van der Waals surface area contributed by atoms with E-state index < -0.39 is 17.7 Å². The number of anilines is 1. The molecule has 0 spiro atoms. The predicted molar refractivity (Wildman–Crippen MR) is 127 cm³/mol. The molecule has 4 rings (SSSR count). The second-order valence-corrected chi connectivity index (χ2v) is 9.94. The molecule has 3 N–H and O–H groups in total. The summed E-state index contributed by atoms with van der Waals surface area (Å²) < 4.78 is 35.0. The first-order chi connectivity index (χ1) is 16.3. The van der Waals surface area contributed by atoms with Crippen molar-refractivity contribution in [2.24, 2.45) is 5.41 Å². The Morgan fingerprint density at radius 1 is 1.35 bits per heavy atom. The van der Waals surface area contributed by atoms with Crippen LogP contribution in [0.4, 0.5) is 14.6 Å². The Balaban J connectivity index is 1.27. The molecule has 1 saturated heterocycles. The average Bonchev–Trinajstić information content (AvgIpc) is 3.22. The van der Waals surface area contributed by atoms with Gasteiger partial charge in [-0.15, -0.1) is 0 Å². The number of aryl methyl sites for hydroxylation is 1. The molecular formula is C25H35F2N5O2. The summed E-state index contributed by atoms with van der Waals surface area (Å²) in [6, 6.07) is 1.91. The molecule has 2 atom stereocenters. The number of halogens is 2. The van der Waals surface area contributed by atoms with Crippen molar-refractivity contribution in [1.29, 1.82) is 0 Å². The van der Waals surface area contributed by atoms with Gasteiger partial charge in [-0.2, -0.15) is 0 Å². The second-order valence-electron chi connectivity index (χ2n) is 9.94. The zero-order valence-electron chi connectivity index (χ0n) is 20.0. The molecule has 0 bridgehead atoms. The highest BCUT2D eigenvalue weighted by Gasteiger charge is 2.32. The lowest BCUT2D eigenvalue weighted by molar-refractivity contribution is -0.118. The Morgan fingerprint density at radius 3 is 2.91 bits per heavy atom. The van der Waals surface area contributed by atoms with Crippen LogP contribution >= 0.6 is 0 Å². The summed E-state index contributed by atoms with van der Waals surface area (Å²) in [6.45, 7) is 8.31. The number of ether oxygens (including phenoxy) is 1. The fraction of sp³-hybridized carbons (Fsp3) is 0.600. The minimum absolute atomic E-state index is 0.0404. The largest absolute Gasteiger partial charge is 0.380 e. The van der Waals surface area contributed by atoms with Gasteiger partial charge in [0.25, 0.3) is 0 Å². The highest BCUT2D eigenvalue weighted by atomic mass is 19.1. The van der Waals surface area contributed by atoms with Gasteiger partial charge in [0.05, 0.1) is 25.6 Å². The molecule has 2 aliphatic rings. The molecule has 1 fully saturated rings.